The minimum Gasteiger partial charge on any atom is -0.491 e. The fourth-order valence-corrected chi connectivity index (χ4v) is 7.44. The van der Waals surface area contributed by atoms with Crippen LogP contribution in [0.15, 0.2) is 89.7 Å². The second kappa shape index (κ2) is 21.8. The summed E-state index contributed by atoms with van der Waals surface area (Å²) in [6.45, 7) is 13.4. The van der Waals surface area contributed by atoms with Crippen LogP contribution in [-0.4, -0.2) is 71.7 Å². The van der Waals surface area contributed by atoms with Gasteiger partial charge in [0.1, 0.15) is 12.4 Å². The van der Waals surface area contributed by atoms with Crippen molar-refractivity contribution in [1.82, 2.24) is 9.55 Å². The summed E-state index contributed by atoms with van der Waals surface area (Å²) in [5.41, 5.74) is 7.21. The first-order valence-electron chi connectivity index (χ1n) is 19.2. The van der Waals surface area contributed by atoms with Gasteiger partial charge in [0.05, 0.1) is 41.4 Å². The van der Waals surface area contributed by atoms with Crippen LogP contribution >= 0.6 is 0 Å². The number of aromatic nitrogens is 2. The first kappa shape index (κ1) is 43.6. The number of aryl methyl sites for hydroxylation is 1. The lowest BCUT2D eigenvalue weighted by Gasteiger charge is -2.30. The van der Waals surface area contributed by atoms with Crippen molar-refractivity contribution in [3.05, 3.63) is 102 Å². The van der Waals surface area contributed by atoms with Gasteiger partial charge in [-0.25, -0.2) is 4.98 Å². The van der Waals surface area contributed by atoms with Crippen molar-refractivity contribution in [3.8, 4) is 16.9 Å². The fourth-order valence-electron chi connectivity index (χ4n) is 6.33. The molecule has 12 heteroatoms. The third kappa shape index (κ3) is 14.8. The number of carbonyl (C=O) groups excluding carboxylic acids is 1. The third-order valence-electron chi connectivity index (χ3n) is 8.94. The molecule has 0 aliphatic carbocycles. The smallest absolute Gasteiger partial charge is 0.261 e. The van der Waals surface area contributed by atoms with Gasteiger partial charge in [-0.2, -0.15) is 8.42 Å². The Morgan fingerprint density at radius 1 is 0.964 bits per heavy atom. The first-order chi connectivity index (χ1) is 26.3. The second-order valence-corrected chi connectivity index (χ2v) is 17.2. The molecule has 0 radical (unpaired) electrons. The lowest BCUT2D eigenvalue weighted by atomic mass is 9.93. The Balaban J connectivity index is 0.00000126. The van der Waals surface area contributed by atoms with Crippen molar-refractivity contribution in [2.24, 2.45) is 5.92 Å². The zero-order valence-corrected chi connectivity index (χ0v) is 34.5. The van der Waals surface area contributed by atoms with E-state index in [1.54, 1.807) is 12.5 Å². The molecule has 298 valence electrons. The molecule has 4 aromatic rings. The first-order valence-corrected chi connectivity index (χ1v) is 22.3. The van der Waals surface area contributed by atoms with Gasteiger partial charge in [0.2, 0.25) is 0 Å². The molecular formula is C43H57N3O7S2. The van der Waals surface area contributed by atoms with Crippen LogP contribution in [-0.2, 0) is 49.2 Å². The molecule has 1 unspecified atom stereocenters. The Labute approximate surface area is 330 Å². The number of hydrogen-bond acceptors (Lipinski definition) is 8. The molecule has 1 aliphatic rings. The normalized spacial score (nSPS) is 14.5. The van der Waals surface area contributed by atoms with Gasteiger partial charge in [0, 0.05) is 49.4 Å². The highest BCUT2D eigenvalue weighted by molar-refractivity contribution is 7.85. The number of imidazole rings is 1. The molecule has 10 nitrogen and oxygen atoms in total. The SMILES string of the molecule is CCCCOCCOc1ccc(-c2ccc3c(c2)/C=C(/C(=O)Cc2ccc(S(=O)Cc4cncn4CCC)cc2)CCCN3CC(C)C)cc1.CS(=O)(=O)O. The summed E-state index contributed by atoms with van der Waals surface area (Å²) in [5.74, 6) is 1.91. The lowest BCUT2D eigenvalue weighted by Crippen LogP contribution is -2.30. The number of unbranched alkanes of at least 4 members (excludes halogenated alkanes) is 1. The maximum absolute atomic E-state index is 13.8. The fraction of sp³-hybridized carbons (Fsp3) is 0.442. The van der Waals surface area contributed by atoms with Crippen LogP contribution < -0.4 is 9.64 Å². The van der Waals surface area contributed by atoms with Crippen LogP contribution in [0.4, 0.5) is 5.69 Å². The lowest BCUT2D eigenvalue weighted by molar-refractivity contribution is -0.115. The zero-order chi connectivity index (χ0) is 39.8. The molecule has 0 spiro atoms. The largest absolute Gasteiger partial charge is 0.491 e. The topological polar surface area (TPSA) is 128 Å². The summed E-state index contributed by atoms with van der Waals surface area (Å²) in [6, 6.07) is 22.5. The Morgan fingerprint density at radius 3 is 2.35 bits per heavy atom. The van der Waals surface area contributed by atoms with E-state index in [4.69, 9.17) is 14.0 Å². The van der Waals surface area contributed by atoms with E-state index < -0.39 is 20.9 Å². The van der Waals surface area contributed by atoms with Crippen molar-refractivity contribution >= 4 is 38.5 Å². The highest BCUT2D eigenvalue weighted by atomic mass is 32.2. The van der Waals surface area contributed by atoms with Gasteiger partial charge in [-0.1, -0.05) is 64.4 Å². The summed E-state index contributed by atoms with van der Waals surface area (Å²) in [4.78, 5) is 21.3. The Morgan fingerprint density at radius 2 is 1.67 bits per heavy atom. The van der Waals surface area contributed by atoms with Crippen molar-refractivity contribution in [1.29, 1.82) is 0 Å². The van der Waals surface area contributed by atoms with Crippen LogP contribution in [0.3, 0.4) is 0 Å². The van der Waals surface area contributed by atoms with Gasteiger partial charge < -0.3 is 18.9 Å². The molecule has 0 bridgehead atoms. The van der Waals surface area contributed by atoms with E-state index in [9.17, 15) is 17.4 Å². The number of rotatable bonds is 18. The minimum absolute atomic E-state index is 0.135. The minimum atomic E-state index is -3.67. The van der Waals surface area contributed by atoms with Crippen LogP contribution in [0, 0.1) is 5.92 Å². The average molecular weight is 792 g/mol. The highest BCUT2D eigenvalue weighted by Gasteiger charge is 2.20. The summed E-state index contributed by atoms with van der Waals surface area (Å²) in [5, 5.41) is 0. The van der Waals surface area contributed by atoms with Crippen molar-refractivity contribution in [3.63, 3.8) is 0 Å². The van der Waals surface area contributed by atoms with Gasteiger partial charge in [-0.05, 0) is 102 Å². The maximum Gasteiger partial charge on any atom is 0.261 e. The van der Waals surface area contributed by atoms with Crippen molar-refractivity contribution < 1.29 is 31.4 Å². The van der Waals surface area contributed by atoms with E-state index in [0.29, 0.717) is 37.6 Å². The highest BCUT2D eigenvalue weighted by Crippen LogP contribution is 2.33. The number of allylic oxidation sites excluding steroid dienone is 1. The number of anilines is 1. The number of ketones is 1. The molecule has 0 saturated carbocycles. The molecule has 1 atom stereocenters. The number of carbonyl (C=O) groups is 1. The van der Waals surface area contributed by atoms with Crippen LogP contribution in [0.25, 0.3) is 17.2 Å². The summed E-state index contributed by atoms with van der Waals surface area (Å²) >= 11 is 0. The van der Waals surface area contributed by atoms with E-state index in [2.05, 4.69) is 78.6 Å². The molecule has 0 saturated heterocycles. The average Bonchev–Trinajstić information content (AvgIpc) is 3.57. The summed E-state index contributed by atoms with van der Waals surface area (Å²) < 4.78 is 52.6. The molecule has 1 aromatic heterocycles. The molecule has 1 aliphatic heterocycles. The molecule has 3 aromatic carbocycles. The van der Waals surface area contributed by atoms with E-state index in [-0.39, 0.29) is 5.78 Å². The second-order valence-electron chi connectivity index (χ2n) is 14.3. The third-order valence-corrected chi connectivity index (χ3v) is 10.3. The number of nitrogens with zero attached hydrogens (tertiary/aromatic N) is 3. The predicted molar refractivity (Wildman–Crippen MR) is 223 cm³/mol. The molecule has 0 fully saturated rings. The van der Waals surface area contributed by atoms with Gasteiger partial charge in [0.25, 0.3) is 10.1 Å². The summed E-state index contributed by atoms with van der Waals surface area (Å²) in [6.07, 6.45) is 11.6. The molecular weight excluding hydrogens is 735 g/mol. The molecule has 5 rings (SSSR count). The van der Waals surface area contributed by atoms with Crippen LogP contribution in [0.2, 0.25) is 0 Å². The molecule has 1 N–H and O–H groups in total. The maximum atomic E-state index is 13.8. The van der Waals surface area contributed by atoms with Gasteiger partial charge >= 0.3 is 0 Å². The van der Waals surface area contributed by atoms with Crippen molar-refractivity contribution in [2.45, 2.75) is 83.4 Å². The van der Waals surface area contributed by atoms with E-state index in [0.717, 1.165) is 103 Å². The Hall–Kier alpha value is -4.10. The van der Waals surface area contributed by atoms with Gasteiger partial charge in [-0.15, -0.1) is 0 Å². The number of hydrogen-bond donors (Lipinski definition) is 1. The van der Waals surface area contributed by atoms with Crippen LogP contribution in [0.1, 0.15) is 76.6 Å². The molecule has 2 heterocycles. The van der Waals surface area contributed by atoms with Crippen LogP contribution in [0.5, 0.6) is 5.75 Å². The van der Waals surface area contributed by atoms with Crippen molar-refractivity contribution in [2.75, 3.05) is 44.1 Å². The number of Topliss-reactive ketones (excluding diaryl/α,β-unsaturated/α-hetero) is 1. The van der Waals surface area contributed by atoms with E-state index in [1.807, 2.05) is 36.4 Å². The van der Waals surface area contributed by atoms with E-state index >= 15 is 0 Å². The Kier molecular flexibility index (Phi) is 17.3. The number of benzene rings is 3. The molecule has 55 heavy (non-hydrogen) atoms. The standard InChI is InChI=1S/C42H53N3O4S.CH4O3S/c1-5-7-22-48-23-24-49-39-15-12-34(13-16-39)35-14-19-41-37(26-35)27-36(9-8-21-44(41)29-32(3)4)42(46)25-33-10-17-40(18-11-33)50(47)30-38-28-43-31-45(38)20-6-2;1-5(2,3)4/h10-19,26-28,31-32H,5-9,20-25,29-30H2,1-4H3;1H3,(H,2,3,4)/b36-27+;. The van der Waals surface area contributed by atoms with Gasteiger partial charge in [0.15, 0.2) is 5.78 Å². The molecule has 0 amide bonds. The zero-order valence-electron chi connectivity index (χ0n) is 32.9. The van der Waals surface area contributed by atoms with Gasteiger partial charge in [-0.3, -0.25) is 13.6 Å². The monoisotopic (exact) mass is 791 g/mol. The summed E-state index contributed by atoms with van der Waals surface area (Å²) in [7, 11) is -4.85. The number of fused-ring (bicyclic) bond motifs is 1. The van der Waals surface area contributed by atoms with E-state index in [1.165, 1.54) is 5.69 Å². The quantitative estimate of drug-likeness (QED) is 0.0781. The predicted octanol–water partition coefficient (Wildman–Crippen LogP) is 8.42. The number of ether oxygens (including phenoxy) is 2. The Bertz CT molecular complexity index is 1960.